The number of rotatable bonds is 5. The van der Waals surface area contributed by atoms with Crippen LogP contribution in [-0.2, 0) is 19.1 Å². The maximum absolute atomic E-state index is 12.2. The van der Waals surface area contributed by atoms with Crippen molar-refractivity contribution >= 4 is 11.9 Å². The van der Waals surface area contributed by atoms with Crippen molar-refractivity contribution in [3.05, 3.63) is 0 Å². The molecule has 0 amide bonds. The molecular weight excluding hydrogens is 436 g/mol. The second-order valence-electron chi connectivity index (χ2n) is 12.3. The summed E-state index contributed by atoms with van der Waals surface area (Å²) in [7, 11) is 1.41. The normalized spacial score (nSPS) is 48.8. The van der Waals surface area contributed by atoms with Gasteiger partial charge in [-0.1, -0.05) is 20.8 Å². The van der Waals surface area contributed by atoms with E-state index in [-0.39, 0.29) is 64.4 Å². The molecule has 4 aliphatic rings. The predicted octanol–water partition coefficient (Wildman–Crippen LogP) is 3.08. The quantitative estimate of drug-likeness (QED) is 0.518. The lowest BCUT2D eigenvalue weighted by molar-refractivity contribution is -0.247. The smallest absolute Gasteiger partial charge is 0.305 e. The third-order valence-electron chi connectivity index (χ3n) is 10.9. The molecule has 34 heavy (non-hydrogen) atoms. The summed E-state index contributed by atoms with van der Waals surface area (Å²) in [5.41, 5.74) is -0.544. The van der Waals surface area contributed by atoms with Crippen molar-refractivity contribution in [1.29, 1.82) is 0 Å². The van der Waals surface area contributed by atoms with Crippen LogP contribution in [0.1, 0.15) is 79.1 Å². The molecule has 0 saturated heterocycles. The standard InChI is InChI=1S/C27H44O7/c1-14(6-9-22(30)33-5)17-7-8-18-23-19(13-21(27(17,18)4)34-15(2)28)26(3)11-10-16(29)12-20(26)24(31)25(23)32/h14,16-21,23-25,29,31-32H,6-13H2,1-5H3/t14-,16-,17-,18+,19+,20+,21+,23+,24-,25+,26-,27-/m1/s1. The van der Waals surface area contributed by atoms with Gasteiger partial charge in [-0.25, -0.2) is 0 Å². The van der Waals surface area contributed by atoms with E-state index in [4.69, 9.17) is 9.47 Å². The molecule has 0 unspecified atom stereocenters. The summed E-state index contributed by atoms with van der Waals surface area (Å²) in [6.07, 6.45) is 3.21. The van der Waals surface area contributed by atoms with Gasteiger partial charge in [-0.05, 0) is 85.9 Å². The van der Waals surface area contributed by atoms with Gasteiger partial charge < -0.3 is 24.8 Å². The number of aliphatic hydroxyl groups excluding tert-OH is 3. The van der Waals surface area contributed by atoms with Crippen LogP contribution in [-0.4, -0.2) is 58.8 Å². The molecule has 7 heteroatoms. The Morgan fingerprint density at radius 2 is 1.71 bits per heavy atom. The molecule has 4 rings (SSSR count). The second kappa shape index (κ2) is 9.36. The van der Waals surface area contributed by atoms with Gasteiger partial charge >= 0.3 is 11.9 Å². The van der Waals surface area contributed by atoms with Gasteiger partial charge in [-0.15, -0.1) is 0 Å². The van der Waals surface area contributed by atoms with Crippen LogP contribution >= 0.6 is 0 Å². The molecule has 0 aromatic carbocycles. The van der Waals surface area contributed by atoms with Gasteiger partial charge in [0.25, 0.3) is 0 Å². The summed E-state index contributed by atoms with van der Waals surface area (Å²) in [4.78, 5) is 24.0. The van der Waals surface area contributed by atoms with Crippen LogP contribution in [0.2, 0.25) is 0 Å². The molecular formula is C27H44O7. The van der Waals surface area contributed by atoms with E-state index < -0.39 is 18.3 Å². The number of hydrogen-bond acceptors (Lipinski definition) is 7. The van der Waals surface area contributed by atoms with Crippen LogP contribution in [0.15, 0.2) is 0 Å². The monoisotopic (exact) mass is 480 g/mol. The number of carbonyl (C=O) groups is 2. The first-order chi connectivity index (χ1) is 15.9. The Bertz CT molecular complexity index is 785. The van der Waals surface area contributed by atoms with Gasteiger partial charge in [0, 0.05) is 18.8 Å². The van der Waals surface area contributed by atoms with Crippen molar-refractivity contribution < 1.29 is 34.4 Å². The number of hydrogen-bond donors (Lipinski definition) is 3. The number of aliphatic hydroxyl groups is 3. The highest BCUT2D eigenvalue weighted by atomic mass is 16.5. The van der Waals surface area contributed by atoms with E-state index in [1.807, 2.05) is 0 Å². The zero-order valence-electron chi connectivity index (χ0n) is 21.4. The van der Waals surface area contributed by atoms with Crippen molar-refractivity contribution in [1.82, 2.24) is 0 Å². The lowest BCUT2D eigenvalue weighted by atomic mass is 9.42. The zero-order chi connectivity index (χ0) is 25.0. The Kier molecular flexibility index (Phi) is 7.13. The second-order valence-corrected chi connectivity index (χ2v) is 12.3. The zero-order valence-corrected chi connectivity index (χ0v) is 21.4. The number of carbonyl (C=O) groups excluding carboxylic acids is 2. The summed E-state index contributed by atoms with van der Waals surface area (Å²) in [5, 5.41) is 33.1. The lowest BCUT2D eigenvalue weighted by Gasteiger charge is -2.65. The summed E-state index contributed by atoms with van der Waals surface area (Å²) in [5.74, 6) is 0.0000754. The average molecular weight is 481 g/mol. The van der Waals surface area contributed by atoms with Crippen molar-refractivity contribution in [2.45, 2.75) is 103 Å². The lowest BCUT2D eigenvalue weighted by Crippen LogP contribution is -2.67. The van der Waals surface area contributed by atoms with Crippen LogP contribution in [0.5, 0.6) is 0 Å². The van der Waals surface area contributed by atoms with E-state index in [1.54, 1.807) is 0 Å². The highest BCUT2D eigenvalue weighted by molar-refractivity contribution is 5.69. The van der Waals surface area contributed by atoms with Crippen LogP contribution in [0.4, 0.5) is 0 Å². The molecule has 0 heterocycles. The molecule has 0 bridgehead atoms. The fourth-order valence-corrected chi connectivity index (χ4v) is 9.17. The number of methoxy groups -OCH3 is 1. The summed E-state index contributed by atoms with van der Waals surface area (Å²) in [6.45, 7) is 8.07. The van der Waals surface area contributed by atoms with Crippen molar-refractivity contribution in [2.75, 3.05) is 7.11 Å². The molecule has 0 spiro atoms. The Morgan fingerprint density at radius 3 is 2.35 bits per heavy atom. The van der Waals surface area contributed by atoms with Crippen molar-refractivity contribution in [3.8, 4) is 0 Å². The third kappa shape index (κ3) is 4.00. The first kappa shape index (κ1) is 25.9. The van der Waals surface area contributed by atoms with Gasteiger partial charge in [-0.3, -0.25) is 9.59 Å². The van der Waals surface area contributed by atoms with Crippen LogP contribution < -0.4 is 0 Å². The fraction of sp³-hybridized carbons (Fsp3) is 0.926. The van der Waals surface area contributed by atoms with E-state index >= 15 is 0 Å². The predicted molar refractivity (Wildman–Crippen MR) is 125 cm³/mol. The molecule has 0 aromatic heterocycles. The molecule has 4 fully saturated rings. The first-order valence-corrected chi connectivity index (χ1v) is 13.2. The van der Waals surface area contributed by atoms with Crippen LogP contribution in [0.25, 0.3) is 0 Å². The average Bonchev–Trinajstić information content (AvgIpc) is 3.15. The fourth-order valence-electron chi connectivity index (χ4n) is 9.17. The Hall–Kier alpha value is -1.18. The molecule has 3 N–H and O–H groups in total. The van der Waals surface area contributed by atoms with Gasteiger partial charge in [0.2, 0.25) is 0 Å². The van der Waals surface area contributed by atoms with Crippen molar-refractivity contribution in [2.24, 2.45) is 46.3 Å². The van der Waals surface area contributed by atoms with E-state index in [0.29, 0.717) is 32.1 Å². The van der Waals surface area contributed by atoms with E-state index in [2.05, 4.69) is 20.8 Å². The Balaban J connectivity index is 1.69. The first-order valence-electron chi connectivity index (χ1n) is 13.2. The molecule has 194 valence electrons. The van der Waals surface area contributed by atoms with Crippen LogP contribution in [0, 0.1) is 46.3 Å². The van der Waals surface area contributed by atoms with E-state index in [0.717, 1.165) is 19.3 Å². The minimum absolute atomic E-state index is 0.0684. The van der Waals surface area contributed by atoms with Gasteiger partial charge in [-0.2, -0.15) is 0 Å². The minimum Gasteiger partial charge on any atom is -0.469 e. The molecule has 0 aromatic rings. The summed E-state index contributed by atoms with van der Waals surface area (Å²) < 4.78 is 10.9. The highest BCUT2D eigenvalue weighted by Gasteiger charge is 2.68. The minimum atomic E-state index is -0.855. The van der Waals surface area contributed by atoms with Gasteiger partial charge in [0.05, 0.1) is 25.4 Å². The summed E-state index contributed by atoms with van der Waals surface area (Å²) >= 11 is 0. The Labute approximate surface area is 203 Å². The topological polar surface area (TPSA) is 113 Å². The maximum atomic E-state index is 12.2. The molecule has 7 nitrogen and oxygen atoms in total. The number of esters is 2. The van der Waals surface area contributed by atoms with E-state index in [1.165, 1.54) is 14.0 Å². The molecule has 0 radical (unpaired) electrons. The molecule has 12 atom stereocenters. The van der Waals surface area contributed by atoms with E-state index in [9.17, 15) is 24.9 Å². The summed E-state index contributed by atoms with van der Waals surface area (Å²) in [6, 6.07) is 0. The number of fused-ring (bicyclic) bond motifs is 5. The number of ether oxygens (including phenoxy) is 2. The van der Waals surface area contributed by atoms with Gasteiger partial charge in [0.15, 0.2) is 0 Å². The Morgan fingerprint density at radius 1 is 1.00 bits per heavy atom. The largest absolute Gasteiger partial charge is 0.469 e. The maximum Gasteiger partial charge on any atom is 0.305 e. The molecule has 4 aliphatic carbocycles. The van der Waals surface area contributed by atoms with Crippen LogP contribution in [0.3, 0.4) is 0 Å². The molecule has 4 saturated carbocycles. The SMILES string of the molecule is COC(=O)CC[C@@H](C)[C@H]1CC[C@H]2[C@@H]3[C@H](O)[C@H](O)[C@@H]4C[C@H](O)CC[C@]4(C)[C@H]3C[C@H](OC(C)=O)[C@]12C. The van der Waals surface area contributed by atoms with Crippen molar-refractivity contribution in [3.63, 3.8) is 0 Å². The third-order valence-corrected chi connectivity index (χ3v) is 10.9. The van der Waals surface area contributed by atoms with Gasteiger partial charge in [0.1, 0.15) is 6.10 Å². The highest BCUT2D eigenvalue weighted by Crippen LogP contribution is 2.69. The molecule has 0 aliphatic heterocycles.